The molecule has 2 aromatic rings. The first-order valence-corrected chi connectivity index (χ1v) is 8.70. The van der Waals surface area contributed by atoms with Crippen molar-refractivity contribution in [1.82, 2.24) is 0 Å². The van der Waals surface area contributed by atoms with Crippen LogP contribution in [0.5, 0.6) is 0 Å². The number of aryl methyl sites for hydroxylation is 2. The van der Waals surface area contributed by atoms with Crippen molar-refractivity contribution < 1.29 is 14.3 Å². The molecule has 1 atom stereocenters. The minimum atomic E-state index is -0.219. The smallest absolute Gasteiger partial charge is 0.250 e. The Balaban J connectivity index is 2.04. The molecule has 0 aliphatic carbocycles. The fourth-order valence-corrected chi connectivity index (χ4v) is 3.54. The number of anilines is 2. The second kappa shape index (κ2) is 7.30. The lowest BCUT2D eigenvalue weighted by Crippen LogP contribution is -2.26. The molecule has 0 saturated carbocycles. The molecule has 5 heteroatoms. The van der Waals surface area contributed by atoms with Crippen molar-refractivity contribution in [1.29, 1.82) is 0 Å². The average Bonchev–Trinajstić information content (AvgIpc) is 2.59. The van der Waals surface area contributed by atoms with E-state index in [9.17, 15) is 9.59 Å². The number of rotatable bonds is 4. The maximum atomic E-state index is 12.4. The molecule has 0 radical (unpaired) electrons. The Morgan fingerprint density at radius 3 is 2.69 bits per heavy atom. The first-order chi connectivity index (χ1) is 12.4. The summed E-state index contributed by atoms with van der Waals surface area (Å²) in [6, 6.07) is 10.2. The molecule has 2 N–H and O–H groups in total. The van der Waals surface area contributed by atoms with Gasteiger partial charge in [-0.05, 0) is 49.1 Å². The number of hydrogen-bond donors (Lipinski definition) is 2. The highest BCUT2D eigenvalue weighted by Gasteiger charge is 2.29. The summed E-state index contributed by atoms with van der Waals surface area (Å²) in [5.74, 6) is -0.211. The van der Waals surface area contributed by atoms with E-state index in [4.69, 9.17) is 4.74 Å². The molecule has 1 heterocycles. The number of amides is 2. The van der Waals surface area contributed by atoms with Crippen LogP contribution >= 0.6 is 0 Å². The van der Waals surface area contributed by atoms with Gasteiger partial charge in [0.2, 0.25) is 11.8 Å². The van der Waals surface area contributed by atoms with Gasteiger partial charge < -0.3 is 15.4 Å². The van der Waals surface area contributed by atoms with E-state index >= 15 is 0 Å². The number of hydrogen-bond acceptors (Lipinski definition) is 3. The van der Waals surface area contributed by atoms with Crippen LogP contribution in [0.25, 0.3) is 0 Å². The summed E-state index contributed by atoms with van der Waals surface area (Å²) in [5, 5.41) is 5.82. The van der Waals surface area contributed by atoms with Gasteiger partial charge in [0.05, 0.1) is 0 Å². The van der Waals surface area contributed by atoms with E-state index < -0.39 is 0 Å². The molecule has 0 fully saturated rings. The number of nitrogens with one attached hydrogen (secondary N) is 2. The minimum absolute atomic E-state index is 0.00596. The SMILES string of the molecule is COCC(=O)Nc1ccc2c(c1C)NC(=O)CC2c1cc(C)ccc1C. The molecule has 0 bridgehead atoms. The van der Waals surface area contributed by atoms with E-state index in [1.165, 1.54) is 23.8 Å². The Morgan fingerprint density at radius 2 is 1.96 bits per heavy atom. The maximum absolute atomic E-state index is 12.4. The summed E-state index contributed by atoms with van der Waals surface area (Å²) in [4.78, 5) is 24.2. The molecule has 0 saturated heterocycles. The summed E-state index contributed by atoms with van der Waals surface area (Å²) in [5.41, 5.74) is 6.96. The van der Waals surface area contributed by atoms with Crippen LogP contribution in [0.2, 0.25) is 0 Å². The third-order valence-electron chi connectivity index (χ3n) is 4.89. The topological polar surface area (TPSA) is 67.4 Å². The molecular formula is C21H24N2O3. The van der Waals surface area contributed by atoms with Gasteiger partial charge in [-0.3, -0.25) is 9.59 Å². The second-order valence-corrected chi connectivity index (χ2v) is 6.85. The molecule has 136 valence electrons. The van der Waals surface area contributed by atoms with Crippen LogP contribution in [0.1, 0.15) is 40.2 Å². The highest BCUT2D eigenvalue weighted by atomic mass is 16.5. The molecule has 26 heavy (non-hydrogen) atoms. The maximum Gasteiger partial charge on any atom is 0.250 e. The highest BCUT2D eigenvalue weighted by molar-refractivity contribution is 5.99. The van der Waals surface area contributed by atoms with Gasteiger partial charge in [-0.15, -0.1) is 0 Å². The van der Waals surface area contributed by atoms with E-state index in [0.29, 0.717) is 12.1 Å². The molecule has 2 aromatic carbocycles. The van der Waals surface area contributed by atoms with Crippen molar-refractivity contribution in [3.63, 3.8) is 0 Å². The number of benzene rings is 2. The molecule has 1 aliphatic heterocycles. The van der Waals surface area contributed by atoms with Gasteiger partial charge in [0.25, 0.3) is 0 Å². The third-order valence-corrected chi connectivity index (χ3v) is 4.89. The van der Waals surface area contributed by atoms with Crippen molar-refractivity contribution in [3.05, 3.63) is 58.1 Å². The Labute approximate surface area is 153 Å². The Morgan fingerprint density at radius 1 is 1.19 bits per heavy atom. The number of methoxy groups -OCH3 is 1. The van der Waals surface area contributed by atoms with Crippen molar-refractivity contribution in [2.45, 2.75) is 33.1 Å². The van der Waals surface area contributed by atoms with Gasteiger partial charge in [-0.1, -0.05) is 29.8 Å². The standard InChI is InChI=1S/C21H24N2O3/c1-12-5-6-13(2)16(9-12)17-10-19(24)23-21-14(3)18(8-7-15(17)21)22-20(25)11-26-4/h5-9,17H,10-11H2,1-4H3,(H,22,25)(H,23,24). The predicted octanol–water partition coefficient (Wildman–Crippen LogP) is 3.67. The van der Waals surface area contributed by atoms with E-state index in [2.05, 4.69) is 42.7 Å². The predicted molar refractivity (Wildman–Crippen MR) is 103 cm³/mol. The summed E-state index contributed by atoms with van der Waals surface area (Å²) < 4.78 is 4.86. The van der Waals surface area contributed by atoms with E-state index in [1.54, 1.807) is 0 Å². The van der Waals surface area contributed by atoms with Crippen molar-refractivity contribution >= 4 is 23.2 Å². The van der Waals surface area contributed by atoms with E-state index in [0.717, 1.165) is 16.8 Å². The average molecular weight is 352 g/mol. The van der Waals surface area contributed by atoms with Gasteiger partial charge in [0.1, 0.15) is 6.61 Å². The summed E-state index contributed by atoms with van der Waals surface area (Å²) in [6.45, 7) is 6.04. The van der Waals surface area contributed by atoms with E-state index in [-0.39, 0.29) is 24.3 Å². The lowest BCUT2D eigenvalue weighted by molar-refractivity contribution is -0.119. The first kappa shape index (κ1) is 18.1. The van der Waals surface area contributed by atoms with Gasteiger partial charge in [-0.2, -0.15) is 0 Å². The molecule has 1 unspecified atom stereocenters. The Bertz CT molecular complexity index is 874. The molecule has 1 aliphatic rings. The zero-order chi connectivity index (χ0) is 18.8. The van der Waals surface area contributed by atoms with Crippen LogP contribution in [0.4, 0.5) is 11.4 Å². The van der Waals surface area contributed by atoms with Crippen molar-refractivity contribution in [2.24, 2.45) is 0 Å². The van der Waals surface area contributed by atoms with Gasteiger partial charge in [0, 0.05) is 30.8 Å². The fourth-order valence-electron chi connectivity index (χ4n) is 3.54. The zero-order valence-electron chi connectivity index (χ0n) is 15.6. The Hall–Kier alpha value is -2.66. The highest BCUT2D eigenvalue weighted by Crippen LogP contribution is 2.42. The largest absolute Gasteiger partial charge is 0.375 e. The van der Waals surface area contributed by atoms with Crippen LogP contribution in [-0.4, -0.2) is 25.5 Å². The van der Waals surface area contributed by atoms with Crippen LogP contribution in [-0.2, 0) is 14.3 Å². The van der Waals surface area contributed by atoms with Crippen LogP contribution in [0.15, 0.2) is 30.3 Å². The second-order valence-electron chi connectivity index (χ2n) is 6.85. The van der Waals surface area contributed by atoms with Crippen LogP contribution in [0, 0.1) is 20.8 Å². The van der Waals surface area contributed by atoms with Gasteiger partial charge in [-0.25, -0.2) is 0 Å². The molecule has 2 amide bonds. The monoisotopic (exact) mass is 352 g/mol. The molecule has 3 rings (SSSR count). The first-order valence-electron chi connectivity index (χ1n) is 8.70. The lowest BCUT2D eigenvalue weighted by Gasteiger charge is -2.29. The van der Waals surface area contributed by atoms with Gasteiger partial charge in [0.15, 0.2) is 0 Å². The van der Waals surface area contributed by atoms with E-state index in [1.807, 2.05) is 19.1 Å². The fraction of sp³-hybridized carbons (Fsp3) is 0.333. The van der Waals surface area contributed by atoms with Crippen molar-refractivity contribution in [2.75, 3.05) is 24.4 Å². The lowest BCUT2D eigenvalue weighted by atomic mass is 9.81. The number of ether oxygens (including phenoxy) is 1. The number of carbonyl (C=O) groups excluding carboxylic acids is 2. The quantitative estimate of drug-likeness (QED) is 0.882. The minimum Gasteiger partial charge on any atom is -0.375 e. The Kier molecular flexibility index (Phi) is 5.09. The molecule has 5 nitrogen and oxygen atoms in total. The van der Waals surface area contributed by atoms with Crippen LogP contribution < -0.4 is 10.6 Å². The molecular weight excluding hydrogens is 328 g/mol. The zero-order valence-corrected chi connectivity index (χ0v) is 15.6. The third kappa shape index (κ3) is 3.48. The molecule has 0 aromatic heterocycles. The van der Waals surface area contributed by atoms with Gasteiger partial charge >= 0.3 is 0 Å². The van der Waals surface area contributed by atoms with Crippen LogP contribution in [0.3, 0.4) is 0 Å². The number of fused-ring (bicyclic) bond motifs is 1. The summed E-state index contributed by atoms with van der Waals surface area (Å²) in [6.07, 6.45) is 0.423. The van der Waals surface area contributed by atoms with Crippen molar-refractivity contribution in [3.8, 4) is 0 Å². The summed E-state index contributed by atoms with van der Waals surface area (Å²) >= 11 is 0. The normalized spacial score (nSPS) is 16.0. The summed E-state index contributed by atoms with van der Waals surface area (Å²) in [7, 11) is 1.48. The molecule has 0 spiro atoms. The number of carbonyl (C=O) groups is 2.